The number of fused-ring (bicyclic) bond motifs is 1. The normalized spacial score (nSPS) is 13.6. The molecule has 5 nitrogen and oxygen atoms in total. The summed E-state index contributed by atoms with van der Waals surface area (Å²) in [6.07, 6.45) is -3.38. The third-order valence-corrected chi connectivity index (χ3v) is 5.47. The van der Waals surface area contributed by atoms with Crippen LogP contribution in [0.4, 0.5) is 18.9 Å². The molecule has 0 bridgehead atoms. The number of halogens is 4. The fourth-order valence-electron chi connectivity index (χ4n) is 3.66. The molecular formula is C23H16ClF3N2O3. The number of hydrogen-bond acceptors (Lipinski definition) is 3. The minimum Gasteiger partial charge on any atom is -0.322 e. The summed E-state index contributed by atoms with van der Waals surface area (Å²) in [4.78, 5) is 38.7. The average Bonchev–Trinajstić information content (AvgIpc) is 2.75. The molecule has 1 aliphatic carbocycles. The number of Topliss-reactive ketones (excluding diaryl/α,β-unsaturated/α-hetero) is 1. The molecule has 4 rings (SSSR count). The van der Waals surface area contributed by atoms with Crippen LogP contribution in [0.5, 0.6) is 0 Å². The molecule has 3 aromatic rings. The number of benzene rings is 2. The van der Waals surface area contributed by atoms with Crippen molar-refractivity contribution < 1.29 is 22.8 Å². The smallest absolute Gasteiger partial charge is 0.322 e. The van der Waals surface area contributed by atoms with Crippen molar-refractivity contribution in [3.63, 3.8) is 0 Å². The third-order valence-electron chi connectivity index (χ3n) is 5.22. The highest BCUT2D eigenvalue weighted by molar-refractivity contribution is 6.30. The lowest BCUT2D eigenvalue weighted by Gasteiger charge is -2.22. The van der Waals surface area contributed by atoms with Gasteiger partial charge < -0.3 is 5.32 Å². The topological polar surface area (TPSA) is 68.2 Å². The number of hydrogen-bond donors (Lipinski definition) is 1. The zero-order chi connectivity index (χ0) is 23.0. The van der Waals surface area contributed by atoms with Crippen LogP contribution in [0.3, 0.4) is 0 Å². The number of nitrogens with zero attached hydrogens (tertiary/aromatic N) is 1. The van der Waals surface area contributed by atoms with Crippen molar-refractivity contribution in [1.29, 1.82) is 0 Å². The number of amides is 1. The second-order valence-corrected chi connectivity index (χ2v) is 7.78. The summed E-state index contributed by atoms with van der Waals surface area (Å²) in [7, 11) is 0. The van der Waals surface area contributed by atoms with Gasteiger partial charge in [0, 0.05) is 34.1 Å². The highest BCUT2D eigenvalue weighted by Gasteiger charge is 2.31. The summed E-state index contributed by atoms with van der Waals surface area (Å²) in [5, 5.41) is 3.05. The number of ketones is 1. The first-order valence-electron chi connectivity index (χ1n) is 9.72. The minimum absolute atomic E-state index is 0.148. The Morgan fingerprint density at radius 1 is 0.969 bits per heavy atom. The molecule has 1 heterocycles. The molecule has 2 aromatic carbocycles. The van der Waals surface area contributed by atoms with Crippen molar-refractivity contribution in [1.82, 2.24) is 4.57 Å². The van der Waals surface area contributed by atoms with E-state index in [2.05, 4.69) is 5.32 Å². The Kier molecular flexibility index (Phi) is 5.64. The lowest BCUT2D eigenvalue weighted by Crippen LogP contribution is -2.33. The van der Waals surface area contributed by atoms with E-state index in [1.165, 1.54) is 6.07 Å². The molecule has 0 saturated carbocycles. The van der Waals surface area contributed by atoms with E-state index in [1.807, 2.05) is 0 Å². The molecule has 9 heteroatoms. The van der Waals surface area contributed by atoms with Crippen LogP contribution in [0.15, 0.2) is 59.4 Å². The van der Waals surface area contributed by atoms with Crippen LogP contribution in [0.25, 0.3) is 5.69 Å². The molecule has 0 fully saturated rings. The summed E-state index contributed by atoms with van der Waals surface area (Å²) < 4.78 is 40.0. The van der Waals surface area contributed by atoms with E-state index in [-0.39, 0.29) is 29.0 Å². The molecular weight excluding hydrogens is 445 g/mol. The van der Waals surface area contributed by atoms with Crippen molar-refractivity contribution in [3.05, 3.63) is 92.4 Å². The van der Waals surface area contributed by atoms with Crippen molar-refractivity contribution in [2.45, 2.75) is 25.4 Å². The maximum absolute atomic E-state index is 13.3. The van der Waals surface area contributed by atoms with Crippen molar-refractivity contribution in [2.75, 3.05) is 5.32 Å². The van der Waals surface area contributed by atoms with Crippen LogP contribution in [0.2, 0.25) is 5.02 Å². The molecule has 0 unspecified atom stereocenters. The molecule has 0 atom stereocenters. The fraction of sp³-hybridized carbons (Fsp3) is 0.174. The van der Waals surface area contributed by atoms with Gasteiger partial charge in [-0.25, -0.2) is 0 Å². The SMILES string of the molecule is O=C1CCCc2c1cc(C(=O)Nc1ccc(Cl)cc1)c(=O)n2-c1ccc(C(F)(F)F)cc1. The largest absolute Gasteiger partial charge is 0.416 e. The van der Waals surface area contributed by atoms with Crippen LogP contribution in [0.1, 0.15) is 44.8 Å². The Balaban J connectivity index is 1.83. The molecule has 1 amide bonds. The van der Waals surface area contributed by atoms with Gasteiger partial charge in [0.1, 0.15) is 5.56 Å². The highest BCUT2D eigenvalue weighted by Crippen LogP contribution is 2.30. The van der Waals surface area contributed by atoms with E-state index >= 15 is 0 Å². The molecule has 1 N–H and O–H groups in total. The van der Waals surface area contributed by atoms with Crippen molar-refractivity contribution in [2.24, 2.45) is 0 Å². The van der Waals surface area contributed by atoms with Gasteiger partial charge in [0.05, 0.1) is 5.56 Å². The second kappa shape index (κ2) is 8.27. The number of rotatable bonds is 3. The van der Waals surface area contributed by atoms with E-state index < -0.39 is 23.2 Å². The van der Waals surface area contributed by atoms with Crippen LogP contribution in [0, 0.1) is 0 Å². The summed E-state index contributed by atoms with van der Waals surface area (Å²) in [5.41, 5.74) is -0.723. The van der Waals surface area contributed by atoms with E-state index in [1.54, 1.807) is 24.3 Å². The number of carbonyl (C=O) groups excluding carboxylic acids is 2. The van der Waals surface area contributed by atoms with Gasteiger partial charge in [-0.1, -0.05) is 11.6 Å². The molecule has 0 spiro atoms. The third kappa shape index (κ3) is 4.18. The minimum atomic E-state index is -4.53. The molecule has 0 radical (unpaired) electrons. The maximum Gasteiger partial charge on any atom is 0.416 e. The van der Waals surface area contributed by atoms with E-state index in [4.69, 9.17) is 11.6 Å². The summed E-state index contributed by atoms with van der Waals surface area (Å²) in [6.45, 7) is 0. The standard InChI is InChI=1S/C23H16ClF3N2O3/c24-14-6-8-15(9-7-14)28-21(31)18-12-17-19(2-1-3-20(17)30)29(22(18)32)16-10-4-13(5-11-16)23(25,26)27/h4-12H,1-3H2,(H,28,31). The second-order valence-electron chi connectivity index (χ2n) is 7.34. The van der Waals surface area contributed by atoms with Gasteiger partial charge in [-0.3, -0.25) is 19.0 Å². The Hall–Kier alpha value is -3.39. The van der Waals surface area contributed by atoms with Crippen molar-refractivity contribution in [3.8, 4) is 5.69 Å². The number of pyridine rings is 1. The van der Waals surface area contributed by atoms with Crippen LogP contribution in [-0.2, 0) is 12.6 Å². The first-order valence-corrected chi connectivity index (χ1v) is 10.1. The number of nitrogens with one attached hydrogen (secondary N) is 1. The Labute approximate surface area is 185 Å². The van der Waals surface area contributed by atoms with Gasteiger partial charge in [0.25, 0.3) is 11.5 Å². The fourth-order valence-corrected chi connectivity index (χ4v) is 3.78. The van der Waals surface area contributed by atoms with Gasteiger partial charge in [0.2, 0.25) is 0 Å². The summed E-state index contributed by atoms with van der Waals surface area (Å²) in [5.74, 6) is -0.966. The molecule has 1 aliphatic rings. The number of aromatic nitrogens is 1. The first-order chi connectivity index (χ1) is 15.1. The lowest BCUT2D eigenvalue weighted by atomic mass is 9.92. The van der Waals surface area contributed by atoms with Gasteiger partial charge in [0.15, 0.2) is 5.78 Å². The Morgan fingerprint density at radius 2 is 1.62 bits per heavy atom. The Bertz CT molecular complexity index is 1260. The number of anilines is 1. The number of carbonyl (C=O) groups is 2. The van der Waals surface area contributed by atoms with E-state index in [0.717, 1.165) is 28.8 Å². The zero-order valence-corrected chi connectivity index (χ0v) is 17.3. The predicted molar refractivity (Wildman–Crippen MR) is 114 cm³/mol. The van der Waals surface area contributed by atoms with Crippen LogP contribution >= 0.6 is 11.6 Å². The Morgan fingerprint density at radius 3 is 2.25 bits per heavy atom. The van der Waals surface area contributed by atoms with Crippen LogP contribution < -0.4 is 10.9 Å². The van der Waals surface area contributed by atoms with Gasteiger partial charge >= 0.3 is 6.18 Å². The van der Waals surface area contributed by atoms with Gasteiger partial charge in [-0.15, -0.1) is 0 Å². The highest BCUT2D eigenvalue weighted by atomic mass is 35.5. The molecule has 1 aromatic heterocycles. The summed E-state index contributed by atoms with van der Waals surface area (Å²) in [6, 6.07) is 11.5. The summed E-state index contributed by atoms with van der Waals surface area (Å²) >= 11 is 5.84. The van der Waals surface area contributed by atoms with Gasteiger partial charge in [-0.2, -0.15) is 13.2 Å². The van der Waals surface area contributed by atoms with Gasteiger partial charge in [-0.05, 0) is 67.4 Å². The quantitative estimate of drug-likeness (QED) is 0.578. The molecule has 0 saturated heterocycles. The van der Waals surface area contributed by atoms with Crippen LogP contribution in [-0.4, -0.2) is 16.3 Å². The average molecular weight is 461 g/mol. The zero-order valence-electron chi connectivity index (χ0n) is 16.5. The maximum atomic E-state index is 13.3. The molecule has 164 valence electrons. The van der Waals surface area contributed by atoms with E-state index in [9.17, 15) is 27.6 Å². The molecule has 32 heavy (non-hydrogen) atoms. The first kappa shape index (κ1) is 21.8. The molecule has 0 aliphatic heterocycles. The monoisotopic (exact) mass is 460 g/mol. The predicted octanol–water partition coefficient (Wildman–Crippen LogP) is 5.28. The van der Waals surface area contributed by atoms with Crippen molar-refractivity contribution >= 4 is 29.0 Å². The number of alkyl halides is 3. The van der Waals surface area contributed by atoms with E-state index in [0.29, 0.717) is 29.2 Å². The lowest BCUT2D eigenvalue weighted by molar-refractivity contribution is -0.137.